The first-order chi connectivity index (χ1) is 18.4. The highest BCUT2D eigenvalue weighted by molar-refractivity contribution is 6.20. The van der Waals surface area contributed by atoms with Crippen molar-refractivity contribution < 1.29 is 38.1 Å². The van der Waals surface area contributed by atoms with Crippen LogP contribution in [0.2, 0.25) is 0 Å². The molecule has 0 aromatic heterocycles. The molecule has 0 unspecified atom stereocenters. The Hall–Kier alpha value is -3.18. The van der Waals surface area contributed by atoms with E-state index < -0.39 is 52.8 Å². The van der Waals surface area contributed by atoms with Gasteiger partial charge in [0.15, 0.2) is 0 Å². The lowest BCUT2D eigenvalue weighted by Crippen LogP contribution is -2.72. The van der Waals surface area contributed by atoms with Gasteiger partial charge in [0.1, 0.15) is 11.2 Å². The molecular weight excluding hydrogens is 504 g/mol. The van der Waals surface area contributed by atoms with Gasteiger partial charge in [0, 0.05) is 53.0 Å². The molecule has 0 radical (unpaired) electrons. The van der Waals surface area contributed by atoms with E-state index in [0.717, 1.165) is 20.6 Å². The second kappa shape index (κ2) is 9.48. The molecule has 208 valence electrons. The predicted octanol–water partition coefficient (Wildman–Crippen LogP) is 3.08. The molecule has 2 aliphatic heterocycles. The van der Waals surface area contributed by atoms with Gasteiger partial charge in [-0.25, -0.2) is 4.79 Å². The van der Waals surface area contributed by atoms with E-state index in [1.807, 2.05) is 42.5 Å². The molecule has 5 rings (SSSR count). The van der Waals surface area contributed by atoms with Crippen LogP contribution >= 0.6 is 0 Å². The minimum Gasteiger partial charge on any atom is -0.349 e. The van der Waals surface area contributed by atoms with Crippen LogP contribution in [0.1, 0.15) is 38.2 Å². The van der Waals surface area contributed by atoms with Crippen molar-refractivity contribution in [3.8, 4) is 0 Å². The molecule has 2 heterocycles. The number of carbonyl (C=O) groups excluding carboxylic acids is 4. The highest BCUT2D eigenvalue weighted by atomic mass is 16.8. The van der Waals surface area contributed by atoms with E-state index >= 15 is 0 Å². The number of ether oxygens (including phenoxy) is 4. The zero-order chi connectivity index (χ0) is 28.3. The van der Waals surface area contributed by atoms with Crippen LogP contribution in [0.5, 0.6) is 0 Å². The van der Waals surface area contributed by atoms with E-state index in [0.29, 0.717) is 5.56 Å². The second-order valence-corrected chi connectivity index (χ2v) is 10.8. The number of fused-ring (bicyclic) bond motifs is 1. The first-order valence-corrected chi connectivity index (χ1v) is 13.0. The van der Waals surface area contributed by atoms with Crippen molar-refractivity contribution in [3.05, 3.63) is 48.0 Å². The molecule has 2 aromatic rings. The van der Waals surface area contributed by atoms with Crippen LogP contribution in [0.25, 0.3) is 10.8 Å². The number of methoxy groups -OCH3 is 2. The van der Waals surface area contributed by atoms with E-state index in [1.54, 1.807) is 13.8 Å². The minimum atomic E-state index is -1.81. The molecule has 4 amide bonds. The zero-order valence-corrected chi connectivity index (χ0v) is 23.1. The number of rotatable bonds is 4. The van der Waals surface area contributed by atoms with Crippen LogP contribution in [0.15, 0.2) is 42.5 Å². The number of hydrogen-bond donors (Lipinski definition) is 0. The maximum atomic E-state index is 14.4. The monoisotopic (exact) mass is 538 g/mol. The summed E-state index contributed by atoms with van der Waals surface area (Å²) in [5.74, 6) is -5.94. The van der Waals surface area contributed by atoms with Crippen molar-refractivity contribution in [2.75, 3.05) is 34.9 Å². The van der Waals surface area contributed by atoms with Gasteiger partial charge in [-0.15, -0.1) is 0 Å². The van der Waals surface area contributed by atoms with Gasteiger partial charge < -0.3 is 18.9 Å². The third-order valence-electron chi connectivity index (χ3n) is 9.06. The number of imide groups is 2. The highest BCUT2D eigenvalue weighted by Gasteiger charge is 2.69. The zero-order valence-electron chi connectivity index (χ0n) is 23.1. The van der Waals surface area contributed by atoms with Crippen molar-refractivity contribution in [3.63, 3.8) is 0 Å². The van der Waals surface area contributed by atoms with Crippen LogP contribution in [0, 0.1) is 11.3 Å². The van der Waals surface area contributed by atoms with Gasteiger partial charge in [0.2, 0.25) is 23.4 Å². The van der Waals surface area contributed by atoms with Gasteiger partial charge in [-0.2, -0.15) is 0 Å². The quantitative estimate of drug-likeness (QED) is 0.546. The van der Waals surface area contributed by atoms with Crippen LogP contribution in [-0.2, 0) is 33.3 Å². The average Bonchev–Trinajstić information content (AvgIpc) is 2.95. The van der Waals surface area contributed by atoms with Gasteiger partial charge in [0.25, 0.3) is 0 Å². The number of amides is 4. The Balaban J connectivity index is 1.74. The normalized spacial score (nSPS) is 33.3. The molecule has 5 atom stereocenters. The molecule has 3 fully saturated rings. The summed E-state index contributed by atoms with van der Waals surface area (Å²) in [5.41, 5.74) is -1.11. The smallest absolute Gasteiger partial charge is 0.332 e. The van der Waals surface area contributed by atoms with E-state index in [1.165, 1.54) is 28.3 Å². The first kappa shape index (κ1) is 27.4. The molecular formula is C29H34N2O8. The Labute approximate surface area is 227 Å². The number of hydrogen-bond acceptors (Lipinski definition) is 8. The Morgan fingerprint density at radius 3 is 2.10 bits per heavy atom. The Kier molecular flexibility index (Phi) is 6.66. The van der Waals surface area contributed by atoms with E-state index in [4.69, 9.17) is 18.9 Å². The van der Waals surface area contributed by atoms with Crippen LogP contribution in [-0.4, -0.2) is 86.0 Å². The van der Waals surface area contributed by atoms with Gasteiger partial charge >= 0.3 is 6.03 Å². The van der Waals surface area contributed by atoms with Crippen LogP contribution in [0.4, 0.5) is 4.79 Å². The SMILES string of the molecule is CO[C@]1(C)OC[C@H]([C@@H]2CC(=O)C[C@H](c3cccc4ccccc34)C23C(=O)N(C)C(=O)N(C)C3=O)O[C@@]1(C)OC. The van der Waals surface area contributed by atoms with Crippen LogP contribution in [0.3, 0.4) is 0 Å². The molecule has 2 saturated heterocycles. The molecule has 3 aliphatic rings. The number of benzene rings is 2. The summed E-state index contributed by atoms with van der Waals surface area (Å²) in [7, 11) is 5.64. The molecule has 10 nitrogen and oxygen atoms in total. The maximum Gasteiger partial charge on any atom is 0.332 e. The summed E-state index contributed by atoms with van der Waals surface area (Å²) in [6.07, 6.45) is -1.04. The molecule has 1 aliphatic carbocycles. The fraction of sp³-hybridized carbons (Fsp3) is 0.517. The van der Waals surface area contributed by atoms with Crippen molar-refractivity contribution in [1.82, 2.24) is 9.80 Å². The lowest BCUT2D eigenvalue weighted by molar-refractivity contribution is -0.437. The summed E-state index contributed by atoms with van der Waals surface area (Å²) in [6.45, 7) is 3.26. The summed E-state index contributed by atoms with van der Waals surface area (Å²) < 4.78 is 23.8. The van der Waals surface area contributed by atoms with Gasteiger partial charge in [0.05, 0.1) is 12.7 Å². The fourth-order valence-electron chi connectivity index (χ4n) is 6.61. The summed E-state index contributed by atoms with van der Waals surface area (Å²) >= 11 is 0. The lowest BCUT2D eigenvalue weighted by Gasteiger charge is -2.56. The predicted molar refractivity (Wildman–Crippen MR) is 139 cm³/mol. The largest absolute Gasteiger partial charge is 0.349 e. The Morgan fingerprint density at radius 1 is 0.846 bits per heavy atom. The Bertz CT molecular complexity index is 1330. The Morgan fingerprint density at radius 2 is 1.46 bits per heavy atom. The first-order valence-electron chi connectivity index (χ1n) is 13.0. The molecule has 2 aromatic carbocycles. The van der Waals surface area contributed by atoms with Crippen molar-refractivity contribution in [2.45, 2.75) is 50.3 Å². The highest BCUT2D eigenvalue weighted by Crippen LogP contribution is 2.57. The minimum absolute atomic E-state index is 0.0389. The van der Waals surface area contributed by atoms with Crippen molar-refractivity contribution >= 4 is 34.4 Å². The standard InChI is InChI=1S/C29H34N2O8/c1-27(36-5)28(2,37-6)39-23(16-38-27)22-15-18(32)14-21(20-13-9-11-17-10-7-8-12-19(17)20)29(22)24(33)30(3)26(35)31(4)25(29)34/h7-13,21-23H,14-16H2,1-6H3/t21-,22+,23-,27-,28-/m1/s1. The topological polar surface area (TPSA) is 112 Å². The molecule has 0 N–H and O–H groups in total. The van der Waals surface area contributed by atoms with Crippen molar-refractivity contribution in [2.24, 2.45) is 11.3 Å². The molecule has 1 spiro atoms. The number of barbiturate groups is 1. The molecule has 0 bridgehead atoms. The number of nitrogens with zero attached hydrogens (tertiary/aromatic N) is 2. The maximum absolute atomic E-state index is 14.4. The van der Waals surface area contributed by atoms with Gasteiger partial charge in [-0.3, -0.25) is 24.2 Å². The molecule has 39 heavy (non-hydrogen) atoms. The van der Waals surface area contributed by atoms with Gasteiger partial charge in [-0.05, 0) is 30.2 Å². The number of carbonyl (C=O) groups is 4. The second-order valence-electron chi connectivity index (χ2n) is 10.8. The van der Waals surface area contributed by atoms with E-state index in [2.05, 4.69) is 0 Å². The van der Waals surface area contributed by atoms with Gasteiger partial charge in [-0.1, -0.05) is 42.5 Å². The fourth-order valence-corrected chi connectivity index (χ4v) is 6.61. The van der Waals surface area contributed by atoms with E-state index in [9.17, 15) is 19.2 Å². The number of ketones is 1. The summed E-state index contributed by atoms with van der Waals surface area (Å²) in [4.78, 5) is 57.0. The van der Waals surface area contributed by atoms with E-state index in [-0.39, 0.29) is 25.2 Å². The number of urea groups is 1. The molecule has 1 saturated carbocycles. The van der Waals surface area contributed by atoms with Crippen LogP contribution < -0.4 is 0 Å². The molecule has 10 heteroatoms. The average molecular weight is 539 g/mol. The lowest BCUT2D eigenvalue weighted by atomic mass is 9.54. The summed E-state index contributed by atoms with van der Waals surface area (Å²) in [6, 6.07) is 12.5. The number of Topliss-reactive ketones (excluding diaryl/α,β-unsaturated/α-hetero) is 1. The third-order valence-corrected chi connectivity index (χ3v) is 9.06. The third kappa shape index (κ3) is 3.76. The van der Waals surface area contributed by atoms with Crippen molar-refractivity contribution in [1.29, 1.82) is 0 Å². The summed E-state index contributed by atoms with van der Waals surface area (Å²) in [5, 5.41) is 1.74.